The van der Waals surface area contributed by atoms with E-state index in [0.717, 1.165) is 12.1 Å². The van der Waals surface area contributed by atoms with Gasteiger partial charge in [0.05, 0.1) is 0 Å². The third kappa shape index (κ3) is 5.32. The third-order valence-corrected chi connectivity index (χ3v) is 4.94. The monoisotopic (exact) mass is 513 g/mol. The van der Waals surface area contributed by atoms with Gasteiger partial charge in [-0.15, -0.1) is 10.1 Å². The topological polar surface area (TPSA) is 206 Å². The first-order valence-electron chi connectivity index (χ1n) is 10.3. The fourth-order valence-electron chi connectivity index (χ4n) is 3.40. The predicted molar refractivity (Wildman–Crippen MR) is 122 cm³/mol. The lowest BCUT2D eigenvalue weighted by atomic mass is 10.2. The maximum absolute atomic E-state index is 12.4. The number of hydrogen-bond acceptors (Lipinski definition) is 11. The largest absolute Gasteiger partial charge is 0.490 e. The molecule has 2 heterocycles. The molecule has 0 saturated heterocycles. The maximum Gasteiger partial charge on any atom is 0.371 e. The molecule has 0 radical (unpaired) electrons. The zero-order chi connectivity index (χ0) is 26.7. The van der Waals surface area contributed by atoms with Crippen LogP contribution in [0.25, 0.3) is 21.9 Å². The number of carbonyl (C=O) groups is 2. The minimum absolute atomic E-state index is 0.0489. The molecule has 0 aliphatic carbocycles. The summed E-state index contributed by atoms with van der Waals surface area (Å²) in [5.74, 6) is -4.13. The first-order chi connectivity index (χ1) is 17.6. The van der Waals surface area contributed by atoms with E-state index in [1.54, 1.807) is 0 Å². The summed E-state index contributed by atoms with van der Waals surface area (Å²) in [5.41, 5.74) is -1.57. The van der Waals surface area contributed by atoms with Gasteiger partial charge >= 0.3 is 11.9 Å². The highest BCUT2D eigenvalue weighted by molar-refractivity contribution is 5.90. The Labute approximate surface area is 203 Å². The van der Waals surface area contributed by atoms with Gasteiger partial charge in [-0.1, -0.05) is 12.1 Å². The zero-order valence-corrected chi connectivity index (χ0v) is 18.4. The molecule has 14 nitrogen and oxygen atoms in total. The van der Waals surface area contributed by atoms with Crippen LogP contribution in [0.2, 0.25) is 0 Å². The Morgan fingerprint density at radius 1 is 0.838 bits per heavy atom. The second-order valence-corrected chi connectivity index (χ2v) is 7.39. The molecule has 0 amide bonds. The van der Waals surface area contributed by atoms with Crippen LogP contribution in [0.4, 0.5) is 0 Å². The van der Waals surface area contributed by atoms with Crippen LogP contribution in [-0.4, -0.2) is 46.6 Å². The number of fused-ring (bicyclic) bond motifs is 2. The molecule has 2 N–H and O–H groups in total. The van der Waals surface area contributed by atoms with Gasteiger partial charge in [-0.05, 0) is 24.3 Å². The van der Waals surface area contributed by atoms with Gasteiger partial charge in [0.25, 0.3) is 5.09 Å². The molecule has 0 aliphatic rings. The maximum atomic E-state index is 12.4. The quantitative estimate of drug-likeness (QED) is 0.231. The highest BCUT2D eigenvalue weighted by atomic mass is 17.0. The van der Waals surface area contributed by atoms with Crippen molar-refractivity contribution in [1.29, 1.82) is 0 Å². The molecule has 2 aromatic carbocycles. The summed E-state index contributed by atoms with van der Waals surface area (Å²) in [4.78, 5) is 62.7. The second kappa shape index (κ2) is 10.1. The SMILES string of the molecule is O=C(O)c1cc(=O)c2c(OCC(COc3cccc4oc(C(=O)O)cc(=O)c34)O[N+](=O)[O-])cccc2o1. The van der Waals surface area contributed by atoms with Crippen LogP contribution in [0.3, 0.4) is 0 Å². The van der Waals surface area contributed by atoms with Crippen LogP contribution in [0.1, 0.15) is 21.1 Å². The number of benzene rings is 2. The number of rotatable bonds is 10. The fourth-order valence-corrected chi connectivity index (χ4v) is 3.40. The summed E-state index contributed by atoms with van der Waals surface area (Å²) in [5, 5.41) is 27.9. The molecule has 2 aromatic heterocycles. The Hall–Kier alpha value is -5.40. The molecular formula is C23H15NO13. The van der Waals surface area contributed by atoms with E-state index in [0.29, 0.717) is 0 Å². The lowest BCUT2D eigenvalue weighted by Crippen LogP contribution is -2.31. The molecule has 4 aromatic rings. The van der Waals surface area contributed by atoms with Crippen molar-refractivity contribution in [1.82, 2.24) is 0 Å². The second-order valence-electron chi connectivity index (χ2n) is 7.39. The summed E-state index contributed by atoms with van der Waals surface area (Å²) >= 11 is 0. The van der Waals surface area contributed by atoms with Crippen molar-refractivity contribution in [3.05, 3.63) is 90.6 Å². The molecule has 0 bridgehead atoms. The number of aromatic carboxylic acids is 2. The highest BCUT2D eigenvalue weighted by Gasteiger charge is 2.20. The molecule has 0 unspecified atom stereocenters. The lowest BCUT2D eigenvalue weighted by Gasteiger charge is -2.17. The molecule has 0 saturated carbocycles. The van der Waals surface area contributed by atoms with Crippen LogP contribution in [0.15, 0.2) is 67.0 Å². The highest BCUT2D eigenvalue weighted by Crippen LogP contribution is 2.25. The molecule has 0 aliphatic heterocycles. The average Bonchev–Trinajstić information content (AvgIpc) is 2.84. The first kappa shape index (κ1) is 24.7. The van der Waals surface area contributed by atoms with Crippen molar-refractivity contribution in [2.45, 2.75) is 6.10 Å². The van der Waals surface area contributed by atoms with Crippen LogP contribution in [0, 0.1) is 10.1 Å². The van der Waals surface area contributed by atoms with Crippen LogP contribution >= 0.6 is 0 Å². The van der Waals surface area contributed by atoms with Crippen LogP contribution < -0.4 is 20.3 Å². The third-order valence-electron chi connectivity index (χ3n) is 4.94. The molecule has 0 spiro atoms. The Morgan fingerprint density at radius 2 is 1.27 bits per heavy atom. The summed E-state index contributed by atoms with van der Waals surface area (Å²) < 4.78 is 21.4. The minimum atomic E-state index is -1.44. The van der Waals surface area contributed by atoms with Gasteiger partial charge in [-0.2, -0.15) is 0 Å². The lowest BCUT2D eigenvalue weighted by molar-refractivity contribution is -0.769. The van der Waals surface area contributed by atoms with E-state index >= 15 is 0 Å². The summed E-state index contributed by atoms with van der Waals surface area (Å²) in [6.07, 6.45) is -1.35. The number of ether oxygens (including phenoxy) is 2. The Kier molecular flexibility index (Phi) is 6.73. The van der Waals surface area contributed by atoms with Gasteiger partial charge in [-0.3, -0.25) is 9.59 Å². The van der Waals surface area contributed by atoms with E-state index in [-0.39, 0.29) is 33.4 Å². The van der Waals surface area contributed by atoms with Crippen LogP contribution in [-0.2, 0) is 4.84 Å². The van der Waals surface area contributed by atoms with Gasteiger partial charge in [0, 0.05) is 12.1 Å². The van der Waals surface area contributed by atoms with Crippen molar-refractivity contribution >= 4 is 33.9 Å². The molecular weight excluding hydrogens is 498 g/mol. The normalized spacial score (nSPS) is 10.9. The van der Waals surface area contributed by atoms with E-state index in [2.05, 4.69) is 4.84 Å². The molecule has 0 fully saturated rings. The molecule has 190 valence electrons. The molecule has 37 heavy (non-hydrogen) atoms. The van der Waals surface area contributed by atoms with Gasteiger partial charge in [0.15, 0.2) is 17.0 Å². The minimum Gasteiger partial charge on any atom is -0.490 e. The number of hydrogen-bond donors (Lipinski definition) is 2. The van der Waals surface area contributed by atoms with E-state index in [4.69, 9.17) is 28.5 Å². The standard InChI is InChI=1S/C23H15NO13/c25-12-7-18(22(27)28)35-16-5-1-3-14(20(12)16)33-9-11(37-24(31)32)10-34-15-4-2-6-17-21(15)13(26)8-19(36-17)23(29)30/h1-8,11H,9-10H2,(H,27,28)(H,29,30). The molecule has 4 rings (SSSR count). The van der Waals surface area contributed by atoms with Crippen molar-refractivity contribution < 1.29 is 48.0 Å². The van der Waals surface area contributed by atoms with Crippen molar-refractivity contribution in [2.24, 2.45) is 0 Å². The van der Waals surface area contributed by atoms with Gasteiger partial charge in [0.2, 0.25) is 11.5 Å². The zero-order valence-electron chi connectivity index (χ0n) is 18.4. The van der Waals surface area contributed by atoms with Crippen molar-refractivity contribution in [3.63, 3.8) is 0 Å². The average molecular weight is 513 g/mol. The van der Waals surface area contributed by atoms with Gasteiger partial charge < -0.3 is 33.4 Å². The number of nitrogens with zero attached hydrogens (tertiary/aromatic N) is 1. The van der Waals surface area contributed by atoms with E-state index in [1.807, 2.05) is 0 Å². The first-order valence-corrected chi connectivity index (χ1v) is 10.3. The smallest absolute Gasteiger partial charge is 0.371 e. The van der Waals surface area contributed by atoms with Gasteiger partial charge in [0.1, 0.15) is 46.7 Å². The molecule has 0 atom stereocenters. The number of carboxylic acid groups (broad SMARTS) is 2. The van der Waals surface area contributed by atoms with Gasteiger partial charge in [-0.25, -0.2) is 9.59 Å². The van der Waals surface area contributed by atoms with Crippen molar-refractivity contribution in [3.8, 4) is 11.5 Å². The Bertz CT molecular complexity index is 1540. The van der Waals surface area contributed by atoms with E-state index in [1.165, 1.54) is 36.4 Å². The summed E-state index contributed by atoms with van der Waals surface area (Å²) in [7, 11) is 0. The Morgan fingerprint density at radius 3 is 1.65 bits per heavy atom. The summed E-state index contributed by atoms with van der Waals surface area (Å²) in [6, 6.07) is 9.85. The predicted octanol–water partition coefficient (Wildman–Crippen LogP) is 2.33. The van der Waals surface area contributed by atoms with Crippen molar-refractivity contribution in [2.75, 3.05) is 13.2 Å². The fraction of sp³-hybridized carbons (Fsp3) is 0.130. The van der Waals surface area contributed by atoms with E-state index in [9.17, 15) is 29.3 Å². The Balaban J connectivity index is 1.57. The summed E-state index contributed by atoms with van der Waals surface area (Å²) in [6.45, 7) is -0.995. The molecule has 14 heteroatoms. The van der Waals surface area contributed by atoms with Crippen LogP contribution in [0.5, 0.6) is 11.5 Å². The number of carboxylic acids is 2. The van der Waals surface area contributed by atoms with E-state index < -0.39 is 58.7 Å².